The summed E-state index contributed by atoms with van der Waals surface area (Å²) in [6, 6.07) is 0. The molecule has 0 saturated carbocycles. The third kappa shape index (κ3) is 52.8. The number of unbranched alkanes of at least 4 members (excludes halogenated alkanes) is 17. The first kappa shape index (κ1) is 63.8. The van der Waals surface area contributed by atoms with Crippen LogP contribution >= 0.6 is 0 Å². The second-order valence-electron chi connectivity index (χ2n) is 17.7. The van der Waals surface area contributed by atoms with Gasteiger partial charge in [0.1, 0.15) is 13.2 Å². The van der Waals surface area contributed by atoms with Crippen molar-refractivity contribution in [1.82, 2.24) is 0 Å². The Morgan fingerprint density at radius 3 is 0.912 bits per heavy atom. The van der Waals surface area contributed by atoms with Gasteiger partial charge in [-0.3, -0.25) is 14.4 Å². The van der Waals surface area contributed by atoms with E-state index in [4.69, 9.17) is 14.2 Å². The Kier molecular flexibility index (Phi) is 52.0. The number of hydrogen-bond acceptors (Lipinski definition) is 6. The molecule has 0 saturated heterocycles. The van der Waals surface area contributed by atoms with Crippen LogP contribution in [-0.4, -0.2) is 37.2 Å². The standard InChI is InChI=1S/C62H100O6/c1-4-7-10-13-16-18-20-22-23-24-25-26-27-28-29-30-31-32-33-34-35-36-37-38-39-41-42-44-46-49-52-55-61(64)67-58-59(57-66-60(63)54-51-48-15-12-9-6-3)68-62(65)56-53-50-47-45-43-40-21-19-17-14-11-8-5-2/h7-8,10-11,16-19,22-23,25-26,28-29,31-32,34-35,40,43,59H,4-6,9,12-15,20-21,24,27,30,33,36-39,41-42,44-58H2,1-3H3/b10-7-,11-8-,18-16-,19-17-,23-22-,26-25-,29-28-,32-31-,35-34-,43-40-. The zero-order valence-electron chi connectivity index (χ0n) is 43.8. The number of allylic oxidation sites excluding steroid dienone is 20. The monoisotopic (exact) mass is 941 g/mol. The average molecular weight is 941 g/mol. The zero-order valence-corrected chi connectivity index (χ0v) is 43.8. The molecule has 0 N–H and O–H groups in total. The lowest BCUT2D eigenvalue weighted by molar-refractivity contribution is -0.167. The minimum absolute atomic E-state index is 0.0937. The molecule has 0 amide bonds. The van der Waals surface area contributed by atoms with Gasteiger partial charge in [-0.2, -0.15) is 0 Å². The summed E-state index contributed by atoms with van der Waals surface area (Å²) in [6.45, 7) is 6.30. The van der Waals surface area contributed by atoms with E-state index in [0.717, 1.165) is 135 Å². The molecule has 68 heavy (non-hydrogen) atoms. The molecule has 0 heterocycles. The van der Waals surface area contributed by atoms with Gasteiger partial charge in [0.25, 0.3) is 0 Å². The van der Waals surface area contributed by atoms with Crippen molar-refractivity contribution in [3.8, 4) is 0 Å². The van der Waals surface area contributed by atoms with Gasteiger partial charge < -0.3 is 14.2 Å². The summed E-state index contributed by atoms with van der Waals surface area (Å²) in [4.78, 5) is 37.7. The van der Waals surface area contributed by atoms with E-state index in [2.05, 4.69) is 142 Å². The molecule has 0 aromatic carbocycles. The molecule has 384 valence electrons. The summed E-state index contributed by atoms with van der Waals surface area (Å²) in [6.07, 6.45) is 76.6. The number of ether oxygens (including phenoxy) is 3. The first-order valence-electron chi connectivity index (χ1n) is 27.5. The molecule has 0 aromatic rings. The Hall–Kier alpha value is -4.19. The Balaban J connectivity index is 4.13. The van der Waals surface area contributed by atoms with Crippen LogP contribution in [0.15, 0.2) is 122 Å². The van der Waals surface area contributed by atoms with E-state index in [-0.39, 0.29) is 37.5 Å². The summed E-state index contributed by atoms with van der Waals surface area (Å²) in [5.74, 6) is -0.946. The quantitative estimate of drug-likeness (QED) is 0.0262. The van der Waals surface area contributed by atoms with Crippen molar-refractivity contribution in [2.24, 2.45) is 0 Å². The predicted molar refractivity (Wildman–Crippen MR) is 293 cm³/mol. The summed E-state index contributed by atoms with van der Waals surface area (Å²) in [5.41, 5.74) is 0. The first-order valence-corrected chi connectivity index (χ1v) is 27.5. The Bertz CT molecular complexity index is 1450. The minimum atomic E-state index is -0.794. The lowest BCUT2D eigenvalue weighted by Crippen LogP contribution is -2.30. The molecular weight excluding hydrogens is 841 g/mol. The molecule has 0 aliphatic rings. The lowest BCUT2D eigenvalue weighted by Gasteiger charge is -2.18. The third-order valence-corrected chi connectivity index (χ3v) is 11.2. The van der Waals surface area contributed by atoms with Crippen LogP contribution in [0.1, 0.15) is 233 Å². The SMILES string of the molecule is CC/C=C\C/C=C\C/C=C\C/C=C\C/C=C\C/C=C\C/C=C\CCCCCCCCCCCC(=O)OCC(COC(=O)CCCCCCCC)OC(=O)CCCCC/C=C\C/C=C\C/C=C\CC. The molecule has 0 aliphatic heterocycles. The van der Waals surface area contributed by atoms with E-state index in [0.29, 0.717) is 12.8 Å². The molecule has 0 bridgehead atoms. The van der Waals surface area contributed by atoms with Gasteiger partial charge in [0.2, 0.25) is 0 Å². The maximum Gasteiger partial charge on any atom is 0.306 e. The number of hydrogen-bond donors (Lipinski definition) is 0. The van der Waals surface area contributed by atoms with Crippen molar-refractivity contribution in [3.05, 3.63) is 122 Å². The normalized spacial score (nSPS) is 13.0. The fraction of sp³-hybridized carbons (Fsp3) is 0.629. The maximum absolute atomic E-state index is 12.7. The van der Waals surface area contributed by atoms with Gasteiger partial charge in [0.05, 0.1) is 0 Å². The second-order valence-corrected chi connectivity index (χ2v) is 17.7. The Labute approximate surface area is 418 Å². The van der Waals surface area contributed by atoms with Crippen LogP contribution < -0.4 is 0 Å². The summed E-state index contributed by atoms with van der Waals surface area (Å²) >= 11 is 0. The fourth-order valence-electron chi connectivity index (χ4n) is 7.14. The molecule has 0 fully saturated rings. The first-order chi connectivity index (χ1) is 33.5. The Morgan fingerprint density at radius 2 is 0.574 bits per heavy atom. The van der Waals surface area contributed by atoms with Gasteiger partial charge in [-0.15, -0.1) is 0 Å². The predicted octanol–water partition coefficient (Wildman–Crippen LogP) is 18.5. The van der Waals surface area contributed by atoms with E-state index in [1.165, 1.54) is 57.8 Å². The smallest absolute Gasteiger partial charge is 0.306 e. The van der Waals surface area contributed by atoms with Crippen LogP contribution in [0.4, 0.5) is 0 Å². The van der Waals surface area contributed by atoms with Crippen molar-refractivity contribution in [1.29, 1.82) is 0 Å². The maximum atomic E-state index is 12.7. The van der Waals surface area contributed by atoms with E-state index >= 15 is 0 Å². The van der Waals surface area contributed by atoms with Gasteiger partial charge in [0.15, 0.2) is 6.10 Å². The highest BCUT2D eigenvalue weighted by atomic mass is 16.6. The fourth-order valence-corrected chi connectivity index (χ4v) is 7.14. The van der Waals surface area contributed by atoms with Gasteiger partial charge in [-0.1, -0.05) is 226 Å². The number of carbonyl (C=O) groups is 3. The van der Waals surface area contributed by atoms with Crippen molar-refractivity contribution in [3.63, 3.8) is 0 Å². The molecule has 0 aromatic heterocycles. The van der Waals surface area contributed by atoms with Gasteiger partial charge in [-0.25, -0.2) is 0 Å². The van der Waals surface area contributed by atoms with Gasteiger partial charge >= 0.3 is 17.9 Å². The minimum Gasteiger partial charge on any atom is -0.462 e. The Morgan fingerprint density at radius 1 is 0.309 bits per heavy atom. The molecule has 1 atom stereocenters. The molecule has 0 radical (unpaired) electrons. The van der Waals surface area contributed by atoms with Crippen LogP contribution in [0.25, 0.3) is 0 Å². The molecule has 0 rings (SSSR count). The highest BCUT2D eigenvalue weighted by Gasteiger charge is 2.19. The third-order valence-electron chi connectivity index (χ3n) is 11.2. The van der Waals surface area contributed by atoms with Gasteiger partial charge in [0, 0.05) is 19.3 Å². The largest absolute Gasteiger partial charge is 0.462 e. The van der Waals surface area contributed by atoms with Crippen molar-refractivity contribution < 1.29 is 28.6 Å². The van der Waals surface area contributed by atoms with Crippen LogP contribution in [0.2, 0.25) is 0 Å². The molecule has 6 nitrogen and oxygen atoms in total. The number of esters is 3. The molecular formula is C62H100O6. The molecule has 6 heteroatoms. The number of rotatable bonds is 48. The van der Waals surface area contributed by atoms with E-state index in [9.17, 15) is 14.4 Å². The van der Waals surface area contributed by atoms with E-state index in [1.807, 2.05) is 0 Å². The van der Waals surface area contributed by atoms with Crippen LogP contribution in [0, 0.1) is 0 Å². The van der Waals surface area contributed by atoms with Crippen LogP contribution in [0.3, 0.4) is 0 Å². The second kappa shape index (κ2) is 55.4. The molecule has 0 spiro atoms. The molecule has 1 unspecified atom stereocenters. The highest BCUT2D eigenvalue weighted by molar-refractivity contribution is 5.71. The zero-order chi connectivity index (χ0) is 49.3. The van der Waals surface area contributed by atoms with Crippen LogP contribution in [0.5, 0.6) is 0 Å². The topological polar surface area (TPSA) is 78.9 Å². The van der Waals surface area contributed by atoms with E-state index < -0.39 is 6.10 Å². The van der Waals surface area contributed by atoms with E-state index in [1.54, 1.807) is 0 Å². The summed E-state index contributed by atoms with van der Waals surface area (Å²) in [5, 5.41) is 0. The highest BCUT2D eigenvalue weighted by Crippen LogP contribution is 2.14. The number of carbonyl (C=O) groups excluding carboxylic acids is 3. The van der Waals surface area contributed by atoms with Crippen molar-refractivity contribution >= 4 is 17.9 Å². The summed E-state index contributed by atoms with van der Waals surface area (Å²) < 4.78 is 16.7. The lowest BCUT2D eigenvalue weighted by atomic mass is 10.1. The van der Waals surface area contributed by atoms with Gasteiger partial charge in [-0.05, 0) is 109 Å². The average Bonchev–Trinajstić information content (AvgIpc) is 3.34. The molecule has 0 aliphatic carbocycles. The van der Waals surface area contributed by atoms with Crippen LogP contribution in [-0.2, 0) is 28.6 Å². The summed E-state index contributed by atoms with van der Waals surface area (Å²) in [7, 11) is 0. The van der Waals surface area contributed by atoms with Crippen molar-refractivity contribution in [2.45, 2.75) is 239 Å². The van der Waals surface area contributed by atoms with Crippen molar-refractivity contribution in [2.75, 3.05) is 13.2 Å².